The molecule has 0 bridgehead atoms. The minimum absolute atomic E-state index is 0.250. The van der Waals surface area contributed by atoms with E-state index in [1.807, 2.05) is 0 Å². The number of phenolic OH excluding ortho intramolecular Hbond substituents is 4. The number of hydrogen-bond acceptors (Lipinski definition) is 8. The Labute approximate surface area is 193 Å². The standard InChI is InChI=1S/C24H22O10/c25-15-5-13(6-16(26)9-15)21(11-23(29)30)33-19-1-2-20(4-3-19)34-22(12-24(31)32)14-7-17(27)10-18(28)8-14/h1-10,21-22,25-28H,11-12H2,(H,29,30)(H,31,32). The highest BCUT2D eigenvalue weighted by Gasteiger charge is 2.21. The molecule has 10 nitrogen and oxygen atoms in total. The minimum atomic E-state index is -1.15. The summed E-state index contributed by atoms with van der Waals surface area (Å²) in [6.45, 7) is 0. The summed E-state index contributed by atoms with van der Waals surface area (Å²) < 4.78 is 11.5. The van der Waals surface area contributed by atoms with Gasteiger partial charge in [0, 0.05) is 23.3 Å². The van der Waals surface area contributed by atoms with Crippen LogP contribution in [0, 0.1) is 0 Å². The molecule has 0 fully saturated rings. The van der Waals surface area contributed by atoms with E-state index in [4.69, 9.17) is 9.47 Å². The van der Waals surface area contributed by atoms with E-state index in [1.165, 1.54) is 48.5 Å². The maximum atomic E-state index is 11.3. The molecule has 0 heterocycles. The maximum Gasteiger partial charge on any atom is 0.307 e. The van der Waals surface area contributed by atoms with Crippen molar-refractivity contribution in [3.63, 3.8) is 0 Å². The Hall–Kier alpha value is -4.60. The number of carboxylic acids is 2. The van der Waals surface area contributed by atoms with E-state index in [2.05, 4.69) is 0 Å². The molecule has 3 rings (SSSR count). The van der Waals surface area contributed by atoms with Gasteiger partial charge in [-0.2, -0.15) is 0 Å². The second kappa shape index (κ2) is 10.3. The first-order valence-corrected chi connectivity index (χ1v) is 10.0. The summed E-state index contributed by atoms with van der Waals surface area (Å²) in [5.41, 5.74) is 0.510. The third kappa shape index (κ3) is 6.70. The molecule has 0 aliphatic rings. The van der Waals surface area contributed by atoms with Gasteiger partial charge in [0.2, 0.25) is 0 Å². The van der Waals surface area contributed by atoms with Gasteiger partial charge in [-0.25, -0.2) is 0 Å². The fourth-order valence-corrected chi connectivity index (χ4v) is 3.31. The van der Waals surface area contributed by atoms with Crippen LogP contribution < -0.4 is 9.47 Å². The van der Waals surface area contributed by atoms with E-state index in [9.17, 15) is 40.2 Å². The molecule has 0 spiro atoms. The lowest BCUT2D eigenvalue weighted by Gasteiger charge is -2.20. The molecule has 0 amide bonds. The van der Waals surface area contributed by atoms with Crippen molar-refractivity contribution < 1.29 is 49.7 Å². The Morgan fingerprint density at radius 2 is 0.882 bits per heavy atom. The zero-order valence-corrected chi connectivity index (χ0v) is 17.7. The third-order valence-electron chi connectivity index (χ3n) is 4.69. The van der Waals surface area contributed by atoms with Gasteiger partial charge < -0.3 is 40.1 Å². The van der Waals surface area contributed by atoms with Crippen LogP contribution in [0.25, 0.3) is 0 Å². The first-order valence-electron chi connectivity index (χ1n) is 10.0. The van der Waals surface area contributed by atoms with Crippen LogP contribution in [0.5, 0.6) is 34.5 Å². The van der Waals surface area contributed by atoms with Crippen molar-refractivity contribution in [1.82, 2.24) is 0 Å². The highest BCUT2D eigenvalue weighted by molar-refractivity contribution is 5.68. The van der Waals surface area contributed by atoms with Crippen molar-refractivity contribution in [2.45, 2.75) is 25.0 Å². The quantitative estimate of drug-likeness (QED) is 0.256. The Kier molecular flexibility index (Phi) is 7.32. The second-order valence-electron chi connectivity index (χ2n) is 7.45. The zero-order chi connectivity index (χ0) is 24.8. The molecular weight excluding hydrogens is 448 g/mol. The van der Waals surface area contributed by atoms with Crippen LogP contribution in [0.3, 0.4) is 0 Å². The van der Waals surface area contributed by atoms with E-state index in [1.54, 1.807) is 0 Å². The molecule has 6 N–H and O–H groups in total. The normalized spacial score (nSPS) is 12.5. The number of aliphatic carboxylic acids is 2. The molecule has 2 unspecified atom stereocenters. The lowest BCUT2D eigenvalue weighted by Crippen LogP contribution is -2.13. The van der Waals surface area contributed by atoms with Gasteiger partial charge >= 0.3 is 11.9 Å². The van der Waals surface area contributed by atoms with E-state index in [0.717, 1.165) is 12.1 Å². The lowest BCUT2D eigenvalue weighted by molar-refractivity contribution is -0.140. The van der Waals surface area contributed by atoms with Crippen LogP contribution in [0.1, 0.15) is 36.2 Å². The average Bonchev–Trinajstić information content (AvgIpc) is 2.72. The molecule has 0 radical (unpaired) electrons. The summed E-state index contributed by atoms with van der Waals surface area (Å²) in [7, 11) is 0. The molecule has 178 valence electrons. The van der Waals surface area contributed by atoms with E-state index >= 15 is 0 Å². The van der Waals surface area contributed by atoms with Crippen molar-refractivity contribution in [1.29, 1.82) is 0 Å². The minimum Gasteiger partial charge on any atom is -0.508 e. The first-order chi connectivity index (χ1) is 16.1. The Balaban J connectivity index is 1.80. The number of hydrogen-bond donors (Lipinski definition) is 6. The predicted molar refractivity (Wildman–Crippen MR) is 117 cm³/mol. The number of benzene rings is 3. The maximum absolute atomic E-state index is 11.3. The highest BCUT2D eigenvalue weighted by atomic mass is 16.5. The third-order valence-corrected chi connectivity index (χ3v) is 4.69. The van der Waals surface area contributed by atoms with Gasteiger partial charge in [-0.3, -0.25) is 9.59 Å². The number of phenols is 4. The second-order valence-corrected chi connectivity index (χ2v) is 7.45. The molecular formula is C24H22O10. The van der Waals surface area contributed by atoms with Crippen LogP contribution in [0.4, 0.5) is 0 Å². The van der Waals surface area contributed by atoms with Crippen molar-refractivity contribution in [2.24, 2.45) is 0 Å². The Morgan fingerprint density at radius 1 is 0.588 bits per heavy atom. The molecule has 0 aliphatic carbocycles. The largest absolute Gasteiger partial charge is 0.508 e. The van der Waals surface area contributed by atoms with E-state index < -0.39 is 37.0 Å². The van der Waals surface area contributed by atoms with Crippen LogP contribution in [-0.4, -0.2) is 42.6 Å². The van der Waals surface area contributed by atoms with E-state index in [0.29, 0.717) is 0 Å². The van der Waals surface area contributed by atoms with Crippen LogP contribution in [-0.2, 0) is 9.59 Å². The molecule has 3 aromatic rings. The lowest BCUT2D eigenvalue weighted by atomic mass is 10.1. The fourth-order valence-electron chi connectivity index (χ4n) is 3.31. The summed E-state index contributed by atoms with van der Waals surface area (Å²) in [5, 5.41) is 57.2. The molecule has 0 saturated heterocycles. The van der Waals surface area contributed by atoms with Gasteiger partial charge in [0.05, 0.1) is 12.8 Å². The smallest absolute Gasteiger partial charge is 0.307 e. The zero-order valence-electron chi connectivity index (χ0n) is 17.7. The molecule has 0 saturated carbocycles. The van der Waals surface area contributed by atoms with Gasteiger partial charge in [0.25, 0.3) is 0 Å². The molecule has 3 aromatic carbocycles. The van der Waals surface area contributed by atoms with Crippen LogP contribution in [0.15, 0.2) is 60.7 Å². The number of carbonyl (C=O) groups is 2. The van der Waals surface area contributed by atoms with E-state index in [-0.39, 0.29) is 45.6 Å². The number of ether oxygens (including phenoxy) is 2. The summed E-state index contributed by atoms with van der Waals surface area (Å²) in [5.74, 6) is -2.80. The van der Waals surface area contributed by atoms with Crippen molar-refractivity contribution in [2.75, 3.05) is 0 Å². The Bertz CT molecular complexity index is 1040. The van der Waals surface area contributed by atoms with Gasteiger partial charge in [-0.15, -0.1) is 0 Å². The predicted octanol–water partition coefficient (Wildman–Crippen LogP) is 3.70. The number of aromatic hydroxyl groups is 4. The first kappa shape index (κ1) is 24.1. The van der Waals surface area contributed by atoms with Crippen LogP contribution in [0.2, 0.25) is 0 Å². The summed E-state index contributed by atoms with van der Waals surface area (Å²) in [6, 6.07) is 13.3. The van der Waals surface area contributed by atoms with Gasteiger partial charge in [0.15, 0.2) is 0 Å². The number of rotatable bonds is 10. The van der Waals surface area contributed by atoms with Gasteiger partial charge in [-0.1, -0.05) is 0 Å². The monoisotopic (exact) mass is 470 g/mol. The van der Waals surface area contributed by atoms with Gasteiger partial charge in [-0.05, 0) is 48.5 Å². The highest BCUT2D eigenvalue weighted by Crippen LogP contribution is 2.33. The SMILES string of the molecule is O=C(O)CC(Oc1ccc(OC(CC(=O)O)c2cc(O)cc(O)c2)cc1)c1cc(O)cc(O)c1. The summed E-state index contributed by atoms with van der Waals surface area (Å²) in [6.07, 6.45) is -2.92. The summed E-state index contributed by atoms with van der Waals surface area (Å²) in [4.78, 5) is 22.6. The van der Waals surface area contributed by atoms with Crippen molar-refractivity contribution in [3.05, 3.63) is 71.8 Å². The molecule has 10 heteroatoms. The molecule has 0 aliphatic heterocycles. The molecule has 34 heavy (non-hydrogen) atoms. The Morgan fingerprint density at radius 3 is 1.15 bits per heavy atom. The number of carboxylic acid groups (broad SMARTS) is 2. The molecule has 2 atom stereocenters. The van der Waals surface area contributed by atoms with Crippen molar-refractivity contribution >= 4 is 11.9 Å². The topological polar surface area (TPSA) is 174 Å². The average molecular weight is 470 g/mol. The fraction of sp³-hybridized carbons (Fsp3) is 0.167. The molecule has 0 aromatic heterocycles. The van der Waals surface area contributed by atoms with Gasteiger partial charge in [0.1, 0.15) is 46.7 Å². The van der Waals surface area contributed by atoms with Crippen molar-refractivity contribution in [3.8, 4) is 34.5 Å². The van der Waals surface area contributed by atoms with Crippen LogP contribution >= 0.6 is 0 Å². The summed E-state index contributed by atoms with van der Waals surface area (Å²) >= 11 is 0.